The molecule has 2 aromatic carbocycles. The molecule has 0 unspecified atom stereocenters. The number of nitrogens with zero attached hydrogens (tertiary/aromatic N) is 1. The van der Waals surface area contributed by atoms with Crippen LogP contribution in [-0.4, -0.2) is 10.1 Å². The summed E-state index contributed by atoms with van der Waals surface area (Å²) >= 11 is 0. The lowest BCUT2D eigenvalue weighted by atomic mass is 10.1. The zero-order valence-corrected chi connectivity index (χ0v) is 13.0. The first-order chi connectivity index (χ1) is 12.0. The predicted octanol–water partition coefficient (Wildman–Crippen LogP) is 5.05. The van der Waals surface area contributed by atoms with Gasteiger partial charge >= 0.3 is 6.18 Å². The number of aliphatic hydroxyl groups is 1. The van der Waals surface area contributed by atoms with Crippen LogP contribution < -0.4 is 4.74 Å². The molecule has 3 aromatic rings. The normalized spacial score (nSPS) is 11.4. The highest BCUT2D eigenvalue weighted by atomic mass is 19.4. The van der Waals surface area contributed by atoms with E-state index >= 15 is 0 Å². The van der Waals surface area contributed by atoms with Crippen molar-refractivity contribution in [2.24, 2.45) is 0 Å². The molecule has 0 spiro atoms. The van der Waals surface area contributed by atoms with Crippen molar-refractivity contribution in [2.75, 3.05) is 0 Å². The summed E-state index contributed by atoms with van der Waals surface area (Å²) in [7, 11) is 0. The van der Waals surface area contributed by atoms with Gasteiger partial charge in [-0.1, -0.05) is 6.07 Å². The van der Waals surface area contributed by atoms with Gasteiger partial charge in [-0.25, -0.2) is 0 Å². The van der Waals surface area contributed by atoms with Gasteiger partial charge in [-0.05, 0) is 60.7 Å². The number of hydrogen-bond donors (Lipinski definition) is 1. The van der Waals surface area contributed by atoms with Gasteiger partial charge in [-0.15, -0.1) is 0 Å². The molecule has 3 rings (SSSR count). The minimum Gasteiger partial charge on any atom is -0.457 e. The number of aliphatic hydroxyl groups excluding tert-OH is 1. The predicted molar refractivity (Wildman–Crippen MR) is 87.1 cm³/mol. The summed E-state index contributed by atoms with van der Waals surface area (Å²) in [6.07, 6.45) is -4.36. The Kier molecular flexibility index (Phi) is 4.72. The average Bonchev–Trinajstić information content (AvgIpc) is 2.62. The maximum absolute atomic E-state index is 12.5. The molecule has 3 nitrogen and oxygen atoms in total. The zero-order chi connectivity index (χ0) is 17.9. The molecule has 0 amide bonds. The second kappa shape index (κ2) is 6.94. The van der Waals surface area contributed by atoms with Crippen molar-refractivity contribution in [3.63, 3.8) is 0 Å². The molecule has 128 valence electrons. The molecule has 6 heteroatoms. The van der Waals surface area contributed by atoms with Crippen LogP contribution in [0.3, 0.4) is 0 Å². The molecule has 0 bridgehead atoms. The fourth-order valence-electron chi connectivity index (χ4n) is 2.27. The Hall–Kier alpha value is -2.86. The van der Waals surface area contributed by atoms with Crippen LogP contribution in [-0.2, 0) is 12.8 Å². The topological polar surface area (TPSA) is 42.4 Å². The lowest BCUT2D eigenvalue weighted by Crippen LogP contribution is -2.03. The minimum atomic E-state index is -4.36. The van der Waals surface area contributed by atoms with E-state index < -0.39 is 11.7 Å². The molecule has 1 heterocycles. The number of aromatic nitrogens is 1. The van der Waals surface area contributed by atoms with Crippen LogP contribution in [0.1, 0.15) is 11.3 Å². The fourth-order valence-corrected chi connectivity index (χ4v) is 2.27. The summed E-state index contributed by atoms with van der Waals surface area (Å²) in [6.45, 7) is -0.136. The molecule has 0 radical (unpaired) electrons. The van der Waals surface area contributed by atoms with Gasteiger partial charge in [-0.3, -0.25) is 4.98 Å². The molecule has 0 aliphatic heterocycles. The molecule has 0 fully saturated rings. The molecular weight excluding hydrogens is 331 g/mol. The van der Waals surface area contributed by atoms with E-state index in [-0.39, 0.29) is 6.61 Å². The van der Waals surface area contributed by atoms with E-state index in [0.717, 1.165) is 17.7 Å². The summed E-state index contributed by atoms with van der Waals surface area (Å²) in [4.78, 5) is 4.31. The molecular formula is C19H14F3NO2. The molecule has 0 saturated carbocycles. The van der Waals surface area contributed by atoms with Crippen LogP contribution in [0.2, 0.25) is 0 Å². The van der Waals surface area contributed by atoms with Gasteiger partial charge < -0.3 is 9.84 Å². The Balaban J connectivity index is 1.74. The molecule has 0 aliphatic rings. The Morgan fingerprint density at radius 2 is 1.44 bits per heavy atom. The van der Waals surface area contributed by atoms with Crippen molar-refractivity contribution >= 4 is 0 Å². The van der Waals surface area contributed by atoms with E-state index in [1.165, 1.54) is 12.1 Å². The number of benzene rings is 2. The number of rotatable bonds is 4. The third-order valence-electron chi connectivity index (χ3n) is 3.54. The van der Waals surface area contributed by atoms with Crippen molar-refractivity contribution in [1.29, 1.82) is 0 Å². The smallest absolute Gasteiger partial charge is 0.416 e. The fraction of sp³-hybridized carbons (Fsp3) is 0.105. The van der Waals surface area contributed by atoms with Gasteiger partial charge in [0, 0.05) is 5.56 Å². The SMILES string of the molecule is OCc1cccc(-c2ccc(Oc3ccc(C(F)(F)F)cc3)cc2)n1. The minimum absolute atomic E-state index is 0.136. The van der Waals surface area contributed by atoms with Crippen LogP contribution in [0.25, 0.3) is 11.3 Å². The van der Waals surface area contributed by atoms with Gasteiger partial charge in [0.2, 0.25) is 0 Å². The van der Waals surface area contributed by atoms with E-state index in [0.29, 0.717) is 22.9 Å². The highest BCUT2D eigenvalue weighted by Crippen LogP contribution is 2.31. The molecule has 0 atom stereocenters. The van der Waals surface area contributed by atoms with Crippen molar-refractivity contribution in [1.82, 2.24) is 4.98 Å². The van der Waals surface area contributed by atoms with Crippen molar-refractivity contribution in [2.45, 2.75) is 12.8 Å². The van der Waals surface area contributed by atoms with E-state index in [4.69, 9.17) is 9.84 Å². The first-order valence-corrected chi connectivity index (χ1v) is 7.48. The van der Waals surface area contributed by atoms with Gasteiger partial charge in [0.25, 0.3) is 0 Å². The highest BCUT2D eigenvalue weighted by molar-refractivity contribution is 5.60. The summed E-state index contributed by atoms with van der Waals surface area (Å²) in [6, 6.07) is 16.9. The van der Waals surface area contributed by atoms with Crippen LogP contribution >= 0.6 is 0 Å². The van der Waals surface area contributed by atoms with Crippen molar-refractivity contribution in [3.05, 3.63) is 78.0 Å². The Bertz CT molecular complexity index is 844. The first-order valence-electron chi connectivity index (χ1n) is 7.48. The maximum Gasteiger partial charge on any atom is 0.416 e. The molecule has 1 aromatic heterocycles. The third kappa shape index (κ3) is 4.16. The van der Waals surface area contributed by atoms with Gasteiger partial charge in [0.05, 0.1) is 23.6 Å². The van der Waals surface area contributed by atoms with Gasteiger partial charge in [0.15, 0.2) is 0 Å². The summed E-state index contributed by atoms with van der Waals surface area (Å²) in [5, 5.41) is 9.13. The lowest BCUT2D eigenvalue weighted by molar-refractivity contribution is -0.137. The lowest BCUT2D eigenvalue weighted by Gasteiger charge is -2.09. The second-order valence-electron chi connectivity index (χ2n) is 5.32. The molecule has 1 N–H and O–H groups in total. The van der Waals surface area contributed by atoms with Crippen LogP contribution in [0.5, 0.6) is 11.5 Å². The Labute approximate surface area is 142 Å². The van der Waals surface area contributed by atoms with Crippen molar-refractivity contribution < 1.29 is 23.0 Å². The van der Waals surface area contributed by atoms with Crippen LogP contribution in [0.4, 0.5) is 13.2 Å². The summed E-state index contributed by atoms with van der Waals surface area (Å²) < 4.78 is 43.2. The zero-order valence-electron chi connectivity index (χ0n) is 13.0. The third-order valence-corrected chi connectivity index (χ3v) is 3.54. The standard InChI is InChI=1S/C19H14F3NO2/c20-19(21,22)14-6-10-17(11-7-14)25-16-8-4-13(5-9-16)18-3-1-2-15(12-24)23-18/h1-11,24H,12H2. The van der Waals surface area contributed by atoms with E-state index in [9.17, 15) is 13.2 Å². The number of hydrogen-bond acceptors (Lipinski definition) is 3. The Morgan fingerprint density at radius 3 is 2.00 bits per heavy atom. The highest BCUT2D eigenvalue weighted by Gasteiger charge is 2.30. The van der Waals surface area contributed by atoms with Gasteiger partial charge in [-0.2, -0.15) is 13.2 Å². The average molecular weight is 345 g/mol. The second-order valence-corrected chi connectivity index (χ2v) is 5.32. The summed E-state index contributed by atoms with van der Waals surface area (Å²) in [5.41, 5.74) is 1.41. The van der Waals surface area contributed by atoms with E-state index in [2.05, 4.69) is 4.98 Å². The quantitative estimate of drug-likeness (QED) is 0.719. The molecule has 25 heavy (non-hydrogen) atoms. The monoisotopic (exact) mass is 345 g/mol. The maximum atomic E-state index is 12.5. The van der Waals surface area contributed by atoms with Crippen LogP contribution in [0, 0.1) is 0 Å². The largest absolute Gasteiger partial charge is 0.457 e. The number of alkyl halides is 3. The van der Waals surface area contributed by atoms with Gasteiger partial charge in [0.1, 0.15) is 11.5 Å². The van der Waals surface area contributed by atoms with E-state index in [1.54, 1.807) is 36.4 Å². The van der Waals surface area contributed by atoms with Crippen LogP contribution in [0.15, 0.2) is 66.7 Å². The number of halogens is 3. The number of pyridine rings is 1. The van der Waals surface area contributed by atoms with Crippen molar-refractivity contribution in [3.8, 4) is 22.8 Å². The molecule has 0 saturated heterocycles. The molecule has 0 aliphatic carbocycles. The Morgan fingerprint density at radius 1 is 0.840 bits per heavy atom. The number of ether oxygens (including phenoxy) is 1. The van der Waals surface area contributed by atoms with E-state index in [1.807, 2.05) is 6.07 Å². The first kappa shape index (κ1) is 17.0. The summed E-state index contributed by atoms with van der Waals surface area (Å²) in [5.74, 6) is 0.822.